The number of aromatic nitrogens is 1. The number of hydrogen-bond donors (Lipinski definition) is 0. The molecule has 4 aromatic rings. The third-order valence-corrected chi connectivity index (χ3v) is 4.21. The Morgan fingerprint density at radius 1 is 1.00 bits per heavy atom. The van der Waals surface area contributed by atoms with Crippen molar-refractivity contribution < 1.29 is 23.1 Å². The highest BCUT2D eigenvalue weighted by molar-refractivity contribution is 6.31. The quantitative estimate of drug-likeness (QED) is 0.354. The van der Waals surface area contributed by atoms with Crippen molar-refractivity contribution >= 4 is 28.5 Å². The number of benzene rings is 2. The van der Waals surface area contributed by atoms with Gasteiger partial charge in [-0.2, -0.15) is 0 Å². The Hall–Kier alpha value is -3.80. The van der Waals surface area contributed by atoms with Crippen LogP contribution in [-0.4, -0.2) is 25.0 Å². The number of allylic oxidation sites excluding steroid dienone is 1. The Morgan fingerprint density at radius 3 is 2.39 bits per heavy atom. The van der Waals surface area contributed by atoms with Gasteiger partial charge in [0.15, 0.2) is 11.4 Å². The van der Waals surface area contributed by atoms with Crippen molar-refractivity contribution in [1.82, 2.24) is 4.98 Å². The van der Waals surface area contributed by atoms with Crippen LogP contribution in [0.4, 0.5) is 0 Å². The van der Waals surface area contributed by atoms with Gasteiger partial charge < -0.3 is 18.3 Å². The van der Waals surface area contributed by atoms with Crippen molar-refractivity contribution in [2.45, 2.75) is 0 Å². The number of carbonyl (C=O) groups excluding carboxylic acids is 1. The Balaban J connectivity index is 1.85. The van der Waals surface area contributed by atoms with Gasteiger partial charge >= 0.3 is 0 Å². The molecule has 0 saturated carbocycles. The minimum Gasteiger partial charge on any atom is -0.497 e. The second-order valence-corrected chi connectivity index (χ2v) is 5.99. The van der Waals surface area contributed by atoms with Crippen LogP contribution in [0.5, 0.6) is 11.5 Å². The van der Waals surface area contributed by atoms with E-state index < -0.39 is 0 Å². The second kappa shape index (κ2) is 7.44. The van der Waals surface area contributed by atoms with Crippen LogP contribution in [-0.2, 0) is 0 Å². The second-order valence-electron chi connectivity index (χ2n) is 5.99. The van der Waals surface area contributed by atoms with Crippen LogP contribution in [0.2, 0.25) is 0 Å². The number of para-hydroxylation sites is 2. The van der Waals surface area contributed by atoms with Gasteiger partial charge in [0.1, 0.15) is 22.8 Å². The highest BCUT2D eigenvalue weighted by Gasteiger charge is 2.22. The van der Waals surface area contributed by atoms with Gasteiger partial charge in [0.2, 0.25) is 5.89 Å². The van der Waals surface area contributed by atoms with E-state index in [1.165, 1.54) is 20.5 Å². The molecule has 28 heavy (non-hydrogen) atoms. The number of carbonyl (C=O) groups is 1. The van der Waals surface area contributed by atoms with Gasteiger partial charge in [-0.15, -0.1) is 0 Å². The number of ketones is 1. The summed E-state index contributed by atoms with van der Waals surface area (Å²) in [5.41, 5.74) is 1.91. The van der Waals surface area contributed by atoms with Crippen molar-refractivity contribution in [3.8, 4) is 11.5 Å². The molecule has 2 aromatic heterocycles. The molecule has 0 unspecified atom stereocenters. The number of ether oxygens (including phenoxy) is 2. The van der Waals surface area contributed by atoms with Gasteiger partial charge in [-0.25, -0.2) is 4.98 Å². The molecule has 0 saturated heterocycles. The van der Waals surface area contributed by atoms with Crippen LogP contribution in [0.25, 0.3) is 22.7 Å². The van der Waals surface area contributed by atoms with Gasteiger partial charge in [0, 0.05) is 11.6 Å². The van der Waals surface area contributed by atoms with Crippen LogP contribution in [0.15, 0.2) is 69.7 Å². The predicted octanol–water partition coefficient (Wildman–Crippen LogP) is 4.86. The van der Waals surface area contributed by atoms with E-state index >= 15 is 0 Å². The molecule has 0 spiro atoms. The van der Waals surface area contributed by atoms with E-state index in [1.54, 1.807) is 42.5 Å². The fraction of sp³-hybridized carbons (Fsp3) is 0.0909. The molecule has 0 atom stereocenters. The molecule has 0 aliphatic heterocycles. The normalized spacial score (nSPS) is 11.6. The summed E-state index contributed by atoms with van der Waals surface area (Å²) in [4.78, 5) is 17.8. The molecule has 4 rings (SSSR count). The van der Waals surface area contributed by atoms with Crippen molar-refractivity contribution in [3.05, 3.63) is 78.1 Å². The monoisotopic (exact) mass is 375 g/mol. The molecule has 2 heterocycles. The largest absolute Gasteiger partial charge is 0.497 e. The molecule has 6 nitrogen and oxygen atoms in total. The summed E-state index contributed by atoms with van der Waals surface area (Å²) in [6.45, 7) is 0. The lowest BCUT2D eigenvalue weighted by molar-refractivity contribution is 0.105. The molecule has 0 radical (unpaired) electrons. The summed E-state index contributed by atoms with van der Waals surface area (Å²) < 4.78 is 21.8. The van der Waals surface area contributed by atoms with Gasteiger partial charge in [-0.1, -0.05) is 12.1 Å². The highest BCUT2D eigenvalue weighted by atomic mass is 16.5. The Labute approximate surface area is 161 Å². The topological polar surface area (TPSA) is 74.7 Å². The van der Waals surface area contributed by atoms with E-state index in [-0.39, 0.29) is 17.2 Å². The predicted molar refractivity (Wildman–Crippen MR) is 104 cm³/mol. The first-order valence-electron chi connectivity index (χ1n) is 8.57. The van der Waals surface area contributed by atoms with Gasteiger partial charge in [0.05, 0.1) is 26.1 Å². The lowest BCUT2D eigenvalue weighted by atomic mass is 10.0. The average Bonchev–Trinajstić information content (AvgIpc) is 3.40. The minimum atomic E-state index is -0.292. The van der Waals surface area contributed by atoms with Crippen LogP contribution in [0.3, 0.4) is 0 Å². The minimum absolute atomic E-state index is 0.212. The smallest absolute Gasteiger partial charge is 0.231 e. The summed E-state index contributed by atoms with van der Waals surface area (Å²) in [6.07, 6.45) is 3.15. The highest BCUT2D eigenvalue weighted by Crippen LogP contribution is 2.29. The molecule has 6 heteroatoms. The summed E-state index contributed by atoms with van der Waals surface area (Å²) in [7, 11) is 3.06. The third-order valence-electron chi connectivity index (χ3n) is 4.21. The number of nitrogens with zero attached hydrogens (tertiary/aromatic N) is 1. The number of Topliss-reactive ketones (excluding diaryl/α,β-unsaturated/α-hetero) is 1. The first-order valence-corrected chi connectivity index (χ1v) is 8.57. The maximum atomic E-state index is 13.4. The summed E-state index contributed by atoms with van der Waals surface area (Å²) in [5.74, 6) is 1.46. The number of fused-ring (bicyclic) bond motifs is 1. The zero-order valence-corrected chi connectivity index (χ0v) is 15.3. The first-order chi connectivity index (χ1) is 13.7. The molecule has 0 N–H and O–H groups in total. The molecule has 0 aliphatic carbocycles. The summed E-state index contributed by atoms with van der Waals surface area (Å²) >= 11 is 0. The lowest BCUT2D eigenvalue weighted by Gasteiger charge is -2.08. The molecule has 140 valence electrons. The molecule has 0 bridgehead atoms. The maximum Gasteiger partial charge on any atom is 0.231 e. The average molecular weight is 375 g/mol. The molecular formula is C22H17NO5. The van der Waals surface area contributed by atoms with Crippen molar-refractivity contribution in [2.24, 2.45) is 0 Å². The summed E-state index contributed by atoms with van der Waals surface area (Å²) in [5, 5.41) is 0. The number of rotatable bonds is 6. The van der Waals surface area contributed by atoms with E-state index in [0.29, 0.717) is 33.9 Å². The number of furan rings is 1. The molecule has 0 fully saturated rings. The van der Waals surface area contributed by atoms with E-state index in [0.717, 1.165) is 0 Å². The maximum absolute atomic E-state index is 13.4. The van der Waals surface area contributed by atoms with Gasteiger partial charge in [-0.3, -0.25) is 4.79 Å². The standard InChI is InChI=1S/C22H17NO5/c1-25-16-10-14(11-17(12-16)26-2)21(24)18(13-15-6-5-9-27-15)22-23-19-7-3-4-8-20(19)28-22/h3-13H,1-2H3/b18-13+. The van der Waals surface area contributed by atoms with E-state index in [9.17, 15) is 4.79 Å². The number of hydrogen-bond acceptors (Lipinski definition) is 6. The van der Waals surface area contributed by atoms with Crippen molar-refractivity contribution in [1.29, 1.82) is 0 Å². The summed E-state index contributed by atoms with van der Waals surface area (Å²) in [6, 6.07) is 15.8. The van der Waals surface area contributed by atoms with Crippen LogP contribution < -0.4 is 9.47 Å². The Bertz CT molecular complexity index is 1100. The SMILES string of the molecule is COc1cc(OC)cc(C(=O)/C(=C\c2ccco2)c2nc3ccccc3o2)c1. The van der Waals surface area contributed by atoms with Crippen molar-refractivity contribution in [3.63, 3.8) is 0 Å². The molecule has 0 aliphatic rings. The Kier molecular flexibility index (Phi) is 4.68. The number of methoxy groups -OCH3 is 2. The first kappa shape index (κ1) is 17.6. The fourth-order valence-electron chi connectivity index (χ4n) is 2.82. The molecule has 0 amide bonds. The van der Waals surface area contributed by atoms with Crippen molar-refractivity contribution in [2.75, 3.05) is 14.2 Å². The van der Waals surface area contributed by atoms with E-state index in [1.807, 2.05) is 18.2 Å². The molecular weight excluding hydrogens is 358 g/mol. The lowest BCUT2D eigenvalue weighted by Crippen LogP contribution is -2.04. The Morgan fingerprint density at radius 2 is 1.75 bits per heavy atom. The zero-order chi connectivity index (χ0) is 19.5. The zero-order valence-electron chi connectivity index (χ0n) is 15.3. The van der Waals surface area contributed by atoms with Gasteiger partial charge in [0.25, 0.3) is 0 Å². The van der Waals surface area contributed by atoms with Crippen LogP contribution >= 0.6 is 0 Å². The fourth-order valence-corrected chi connectivity index (χ4v) is 2.82. The third kappa shape index (κ3) is 3.40. The van der Waals surface area contributed by atoms with Gasteiger partial charge in [-0.05, 0) is 42.5 Å². The molecule has 2 aromatic carbocycles. The van der Waals surface area contributed by atoms with E-state index in [2.05, 4.69) is 4.98 Å². The van der Waals surface area contributed by atoms with E-state index in [4.69, 9.17) is 18.3 Å². The number of oxazole rings is 1. The van der Waals surface area contributed by atoms with Crippen LogP contribution in [0, 0.1) is 0 Å². The van der Waals surface area contributed by atoms with Crippen LogP contribution in [0.1, 0.15) is 22.0 Å².